The molecule has 1 rings (SSSR count). The van der Waals surface area contributed by atoms with Crippen LogP contribution in [-0.4, -0.2) is 51.1 Å². The summed E-state index contributed by atoms with van der Waals surface area (Å²) in [6.07, 6.45) is 1.78. The van der Waals surface area contributed by atoms with E-state index in [1.807, 2.05) is 0 Å². The third-order valence-corrected chi connectivity index (χ3v) is 3.19. The molecule has 0 spiro atoms. The maximum Gasteiger partial charge on any atom is 0.236 e. The van der Waals surface area contributed by atoms with Crippen molar-refractivity contribution in [3.8, 4) is 0 Å². The summed E-state index contributed by atoms with van der Waals surface area (Å²) in [5.41, 5.74) is -1.19. The molecule has 2 atom stereocenters. The molecular formula is C9H16BrNO3. The van der Waals surface area contributed by atoms with Crippen molar-refractivity contribution < 1.29 is 15.0 Å². The molecule has 0 aliphatic carbocycles. The van der Waals surface area contributed by atoms with Crippen molar-refractivity contribution in [2.75, 3.05) is 19.7 Å². The molecule has 1 fully saturated rings. The zero-order chi connectivity index (χ0) is 10.8. The van der Waals surface area contributed by atoms with Crippen LogP contribution in [-0.2, 0) is 4.79 Å². The molecule has 0 aromatic heterocycles. The first-order valence-electron chi connectivity index (χ1n) is 4.72. The Balaban J connectivity index is 2.55. The molecule has 1 aliphatic rings. The van der Waals surface area contributed by atoms with Crippen molar-refractivity contribution >= 4 is 21.8 Å². The minimum atomic E-state index is -1.19. The number of hydrogen-bond acceptors (Lipinski definition) is 3. The summed E-state index contributed by atoms with van der Waals surface area (Å²) in [4.78, 5) is 13.1. The third kappa shape index (κ3) is 2.93. The second kappa shape index (κ2) is 4.59. The Kier molecular flexibility index (Phi) is 3.92. The van der Waals surface area contributed by atoms with E-state index in [1.54, 1.807) is 4.90 Å². The van der Waals surface area contributed by atoms with Crippen molar-refractivity contribution in [3.05, 3.63) is 0 Å². The fourth-order valence-corrected chi connectivity index (χ4v) is 2.12. The van der Waals surface area contributed by atoms with E-state index in [-0.39, 0.29) is 23.9 Å². The van der Waals surface area contributed by atoms with Crippen molar-refractivity contribution in [2.24, 2.45) is 0 Å². The van der Waals surface area contributed by atoms with Crippen molar-refractivity contribution in [2.45, 2.75) is 30.2 Å². The first-order chi connectivity index (χ1) is 6.46. The first kappa shape index (κ1) is 11.9. The van der Waals surface area contributed by atoms with Crippen LogP contribution in [0.3, 0.4) is 0 Å². The van der Waals surface area contributed by atoms with Crippen LogP contribution in [0.4, 0.5) is 0 Å². The van der Waals surface area contributed by atoms with Crippen LogP contribution in [0.15, 0.2) is 0 Å². The lowest BCUT2D eigenvalue weighted by molar-refractivity contribution is -0.137. The molecule has 1 aliphatic heterocycles. The van der Waals surface area contributed by atoms with Crippen molar-refractivity contribution in [1.29, 1.82) is 0 Å². The highest BCUT2D eigenvalue weighted by Crippen LogP contribution is 2.20. The molecule has 0 radical (unpaired) electrons. The summed E-state index contributed by atoms with van der Waals surface area (Å²) in [5, 5.41) is 18.5. The Morgan fingerprint density at radius 1 is 1.71 bits per heavy atom. The van der Waals surface area contributed by atoms with Gasteiger partial charge in [0.1, 0.15) is 5.60 Å². The van der Waals surface area contributed by atoms with E-state index < -0.39 is 5.60 Å². The van der Waals surface area contributed by atoms with E-state index in [0.717, 1.165) is 12.8 Å². The molecule has 82 valence electrons. The van der Waals surface area contributed by atoms with Crippen LogP contribution in [0, 0.1) is 0 Å². The highest BCUT2D eigenvalue weighted by Gasteiger charge is 2.31. The zero-order valence-corrected chi connectivity index (χ0v) is 9.83. The lowest BCUT2D eigenvalue weighted by Gasteiger charge is -2.34. The fourth-order valence-electron chi connectivity index (χ4n) is 1.51. The average molecular weight is 266 g/mol. The number of amides is 1. The highest BCUT2D eigenvalue weighted by molar-refractivity contribution is 9.10. The van der Waals surface area contributed by atoms with Gasteiger partial charge >= 0.3 is 0 Å². The summed E-state index contributed by atoms with van der Waals surface area (Å²) in [7, 11) is 0. The molecule has 2 unspecified atom stereocenters. The van der Waals surface area contributed by atoms with Gasteiger partial charge in [-0.3, -0.25) is 4.79 Å². The van der Waals surface area contributed by atoms with E-state index >= 15 is 0 Å². The maximum atomic E-state index is 11.6. The number of carbonyl (C=O) groups is 1. The van der Waals surface area contributed by atoms with Crippen LogP contribution in [0.2, 0.25) is 0 Å². The lowest BCUT2D eigenvalue weighted by Crippen LogP contribution is -2.50. The number of likely N-dealkylation sites (tertiary alicyclic amines) is 1. The highest BCUT2D eigenvalue weighted by atomic mass is 79.9. The second-order valence-corrected chi connectivity index (χ2v) is 5.13. The third-order valence-electron chi connectivity index (χ3n) is 2.34. The number of aliphatic hydroxyl groups excluding tert-OH is 1. The van der Waals surface area contributed by atoms with Gasteiger partial charge in [0.05, 0.1) is 18.0 Å². The van der Waals surface area contributed by atoms with Gasteiger partial charge in [0.2, 0.25) is 5.91 Å². The van der Waals surface area contributed by atoms with Crippen molar-refractivity contribution in [3.63, 3.8) is 0 Å². The zero-order valence-electron chi connectivity index (χ0n) is 8.24. The maximum absolute atomic E-state index is 11.6. The molecule has 4 nitrogen and oxygen atoms in total. The molecule has 2 N–H and O–H groups in total. The number of halogens is 1. The Morgan fingerprint density at radius 3 is 2.93 bits per heavy atom. The molecule has 1 saturated heterocycles. The predicted molar refractivity (Wildman–Crippen MR) is 56.2 cm³/mol. The van der Waals surface area contributed by atoms with E-state index in [0.29, 0.717) is 6.54 Å². The molecule has 0 aromatic carbocycles. The molecule has 1 amide bonds. The SMILES string of the molecule is CC(O)(CO)CN1CCCC(Br)C1=O. The average Bonchev–Trinajstić information content (AvgIpc) is 2.13. The van der Waals surface area contributed by atoms with Gasteiger partial charge in [0.25, 0.3) is 0 Å². The van der Waals surface area contributed by atoms with Gasteiger partial charge in [-0.2, -0.15) is 0 Å². The molecule has 0 aromatic rings. The largest absolute Gasteiger partial charge is 0.393 e. The number of piperidine rings is 1. The first-order valence-corrected chi connectivity index (χ1v) is 5.64. The van der Waals surface area contributed by atoms with Crippen LogP contribution in [0.5, 0.6) is 0 Å². The van der Waals surface area contributed by atoms with Crippen molar-refractivity contribution in [1.82, 2.24) is 4.90 Å². The van der Waals surface area contributed by atoms with Crippen LogP contribution < -0.4 is 0 Å². The van der Waals surface area contributed by atoms with Gasteiger partial charge in [0, 0.05) is 6.54 Å². The molecular weight excluding hydrogens is 250 g/mol. The Labute approximate surface area is 92.0 Å². The summed E-state index contributed by atoms with van der Waals surface area (Å²) < 4.78 is 0. The number of aliphatic hydroxyl groups is 2. The van der Waals surface area contributed by atoms with Crippen LogP contribution in [0.25, 0.3) is 0 Å². The molecule has 0 bridgehead atoms. The Bertz CT molecular complexity index is 220. The number of alkyl halides is 1. The van der Waals surface area contributed by atoms with Gasteiger partial charge < -0.3 is 15.1 Å². The summed E-state index contributed by atoms with van der Waals surface area (Å²) >= 11 is 3.29. The molecule has 1 heterocycles. The molecule has 0 saturated carbocycles. The summed E-state index contributed by atoms with van der Waals surface area (Å²) in [6.45, 7) is 2.06. The standard InChI is InChI=1S/C9H16BrNO3/c1-9(14,6-12)5-11-4-2-3-7(10)8(11)13/h7,12,14H,2-6H2,1H3. The summed E-state index contributed by atoms with van der Waals surface area (Å²) in [5.74, 6) is 0.00461. The predicted octanol–water partition coefficient (Wildman–Crippen LogP) is 0.116. The number of β-amino-alcohol motifs (C(OH)–C–C–N with tert-alkyl or cyclic N) is 1. The Morgan fingerprint density at radius 2 is 2.36 bits per heavy atom. The topological polar surface area (TPSA) is 60.8 Å². The second-order valence-electron chi connectivity index (χ2n) is 4.02. The van der Waals surface area contributed by atoms with E-state index in [2.05, 4.69) is 15.9 Å². The molecule has 5 heteroatoms. The van der Waals surface area contributed by atoms with Gasteiger partial charge in [-0.05, 0) is 19.8 Å². The van der Waals surface area contributed by atoms with E-state index in [9.17, 15) is 9.90 Å². The monoisotopic (exact) mass is 265 g/mol. The van der Waals surface area contributed by atoms with E-state index in [1.165, 1.54) is 6.92 Å². The van der Waals surface area contributed by atoms with Gasteiger partial charge in [-0.1, -0.05) is 15.9 Å². The molecule has 14 heavy (non-hydrogen) atoms. The smallest absolute Gasteiger partial charge is 0.236 e. The van der Waals surface area contributed by atoms with Gasteiger partial charge in [-0.15, -0.1) is 0 Å². The lowest BCUT2D eigenvalue weighted by atomic mass is 10.0. The number of rotatable bonds is 3. The minimum Gasteiger partial charge on any atom is -0.393 e. The number of carbonyl (C=O) groups excluding carboxylic acids is 1. The fraction of sp³-hybridized carbons (Fsp3) is 0.889. The quantitative estimate of drug-likeness (QED) is 0.713. The Hall–Kier alpha value is -0.130. The number of hydrogen-bond donors (Lipinski definition) is 2. The van der Waals surface area contributed by atoms with Crippen LogP contribution >= 0.6 is 15.9 Å². The van der Waals surface area contributed by atoms with Gasteiger partial charge in [-0.25, -0.2) is 0 Å². The summed E-state index contributed by atoms with van der Waals surface area (Å²) in [6, 6.07) is 0. The van der Waals surface area contributed by atoms with Gasteiger partial charge in [0.15, 0.2) is 0 Å². The van der Waals surface area contributed by atoms with E-state index in [4.69, 9.17) is 5.11 Å². The minimum absolute atomic E-state index is 0.00461. The van der Waals surface area contributed by atoms with Crippen LogP contribution in [0.1, 0.15) is 19.8 Å². The number of nitrogens with zero attached hydrogens (tertiary/aromatic N) is 1. The normalized spacial score (nSPS) is 27.6.